The molecule has 0 aliphatic heterocycles. The highest BCUT2D eigenvalue weighted by molar-refractivity contribution is 5.52. The van der Waals surface area contributed by atoms with E-state index < -0.39 is 0 Å². The second kappa shape index (κ2) is 7.28. The maximum atomic E-state index is 5.36. The number of rotatable bonds is 6. The summed E-state index contributed by atoms with van der Waals surface area (Å²) in [5.41, 5.74) is 7.24. The lowest BCUT2D eigenvalue weighted by atomic mass is 10.1. The summed E-state index contributed by atoms with van der Waals surface area (Å²) in [5, 5.41) is 3.21. The molecule has 0 heterocycles. The molecule has 3 nitrogen and oxygen atoms in total. The highest BCUT2D eigenvalue weighted by atomic mass is 15.1. The van der Waals surface area contributed by atoms with E-state index in [-0.39, 0.29) is 6.17 Å². The Balaban J connectivity index is 2.74. The lowest BCUT2D eigenvalue weighted by molar-refractivity contribution is 0.640. The molecule has 0 radical (unpaired) electrons. The Hall–Kier alpha value is -2.03. The van der Waals surface area contributed by atoms with Crippen molar-refractivity contribution in [1.29, 1.82) is 0 Å². The highest BCUT2D eigenvalue weighted by Crippen LogP contribution is 2.14. The zero-order chi connectivity index (χ0) is 12.5. The van der Waals surface area contributed by atoms with Gasteiger partial charge in [0.1, 0.15) is 6.17 Å². The van der Waals surface area contributed by atoms with Crippen molar-refractivity contribution in [3.8, 4) is 0 Å². The van der Waals surface area contributed by atoms with E-state index >= 15 is 0 Å². The molecule has 1 aromatic rings. The molecule has 3 N–H and O–H groups in total. The molecule has 1 unspecified atom stereocenters. The van der Waals surface area contributed by atoms with E-state index in [0.29, 0.717) is 0 Å². The smallest absolute Gasteiger partial charge is 0.146 e. The van der Waals surface area contributed by atoms with Crippen LogP contribution in [0.5, 0.6) is 0 Å². The van der Waals surface area contributed by atoms with Gasteiger partial charge in [0.15, 0.2) is 0 Å². The second-order valence-corrected chi connectivity index (χ2v) is 3.59. The first-order valence-electron chi connectivity index (χ1n) is 5.68. The van der Waals surface area contributed by atoms with Crippen LogP contribution in [0.4, 0.5) is 0 Å². The van der Waals surface area contributed by atoms with Gasteiger partial charge in [-0.1, -0.05) is 49.9 Å². The first kappa shape index (κ1) is 13.0. The lowest BCUT2D eigenvalue weighted by Crippen LogP contribution is -2.18. The van der Waals surface area contributed by atoms with Gasteiger partial charge in [-0.3, -0.25) is 0 Å². The van der Waals surface area contributed by atoms with Crippen molar-refractivity contribution >= 4 is 6.34 Å². The van der Waals surface area contributed by atoms with Gasteiger partial charge in [0.25, 0.3) is 0 Å². The Labute approximate surface area is 103 Å². The number of allylic oxidation sites excluding steroid dienone is 2. The Morgan fingerprint density at radius 1 is 1.47 bits per heavy atom. The lowest BCUT2D eigenvalue weighted by Gasteiger charge is -2.15. The van der Waals surface area contributed by atoms with Crippen molar-refractivity contribution in [2.45, 2.75) is 19.5 Å². The van der Waals surface area contributed by atoms with Gasteiger partial charge in [0.2, 0.25) is 0 Å². The number of nitrogens with zero attached hydrogens (tertiary/aromatic N) is 1. The van der Waals surface area contributed by atoms with Crippen LogP contribution in [0.15, 0.2) is 59.8 Å². The Morgan fingerprint density at radius 2 is 2.18 bits per heavy atom. The Bertz CT molecular complexity index is 393. The molecule has 0 bridgehead atoms. The van der Waals surface area contributed by atoms with E-state index in [9.17, 15) is 0 Å². The summed E-state index contributed by atoms with van der Waals surface area (Å²) in [5.74, 6) is 0. The zero-order valence-corrected chi connectivity index (χ0v) is 10.1. The highest BCUT2D eigenvalue weighted by Gasteiger charge is 2.07. The van der Waals surface area contributed by atoms with E-state index in [1.807, 2.05) is 42.5 Å². The van der Waals surface area contributed by atoms with Crippen LogP contribution in [0.1, 0.15) is 25.1 Å². The first-order valence-corrected chi connectivity index (χ1v) is 5.68. The summed E-state index contributed by atoms with van der Waals surface area (Å²) in [7, 11) is 0. The third-order valence-corrected chi connectivity index (χ3v) is 2.23. The van der Waals surface area contributed by atoms with Gasteiger partial charge in [-0.15, -0.1) is 0 Å². The monoisotopic (exact) mass is 229 g/mol. The summed E-state index contributed by atoms with van der Waals surface area (Å²) in [6, 6.07) is 9.92. The third kappa shape index (κ3) is 4.55. The van der Waals surface area contributed by atoms with Crippen LogP contribution in [0.2, 0.25) is 0 Å². The van der Waals surface area contributed by atoms with Gasteiger partial charge in [0, 0.05) is 5.70 Å². The van der Waals surface area contributed by atoms with Crippen LogP contribution in [0.25, 0.3) is 0 Å². The molecule has 0 saturated heterocycles. The molecule has 0 fully saturated rings. The van der Waals surface area contributed by atoms with E-state index in [4.69, 9.17) is 5.73 Å². The predicted octanol–water partition coefficient (Wildman–Crippen LogP) is 2.74. The maximum absolute atomic E-state index is 5.36. The minimum absolute atomic E-state index is 0.185. The molecule has 17 heavy (non-hydrogen) atoms. The number of hydrogen-bond donors (Lipinski definition) is 2. The molecule has 0 spiro atoms. The van der Waals surface area contributed by atoms with Gasteiger partial charge < -0.3 is 11.1 Å². The fourth-order valence-corrected chi connectivity index (χ4v) is 1.41. The minimum Gasteiger partial charge on any atom is -0.390 e. The summed E-state index contributed by atoms with van der Waals surface area (Å²) < 4.78 is 0. The van der Waals surface area contributed by atoms with Crippen LogP contribution < -0.4 is 11.1 Å². The fourth-order valence-electron chi connectivity index (χ4n) is 1.41. The third-order valence-electron chi connectivity index (χ3n) is 2.23. The maximum Gasteiger partial charge on any atom is 0.146 e. The van der Waals surface area contributed by atoms with Crippen LogP contribution >= 0.6 is 0 Å². The average Bonchev–Trinajstić information content (AvgIpc) is 2.37. The van der Waals surface area contributed by atoms with Crippen LogP contribution in [0, 0.1) is 0 Å². The minimum atomic E-state index is -0.185. The van der Waals surface area contributed by atoms with Crippen LogP contribution in [-0.2, 0) is 0 Å². The van der Waals surface area contributed by atoms with Crippen molar-refractivity contribution in [2.24, 2.45) is 10.7 Å². The van der Waals surface area contributed by atoms with Crippen LogP contribution in [-0.4, -0.2) is 6.34 Å². The number of nitrogens with one attached hydrogen (secondary N) is 1. The van der Waals surface area contributed by atoms with E-state index in [1.165, 1.54) is 6.34 Å². The molecule has 0 aliphatic rings. The van der Waals surface area contributed by atoms with Crippen molar-refractivity contribution in [3.05, 3.63) is 60.3 Å². The quantitative estimate of drug-likeness (QED) is 0.447. The standard InChI is InChI=1S/C14H19N3/c1-3-4-8-12(2)17-14(16-11-15)13-9-6-5-7-10-13/h4-11,14,17H,2-3H2,1H3,(H2,15,16)/b8-4+. The molecular formula is C14H19N3. The molecule has 0 amide bonds. The molecule has 3 heteroatoms. The summed E-state index contributed by atoms with van der Waals surface area (Å²) in [6.07, 6.45) is 6.10. The number of aliphatic imine (C=N–C) groups is 1. The zero-order valence-electron chi connectivity index (χ0n) is 10.1. The van der Waals surface area contributed by atoms with Crippen molar-refractivity contribution in [1.82, 2.24) is 5.32 Å². The summed E-state index contributed by atoms with van der Waals surface area (Å²) >= 11 is 0. The van der Waals surface area contributed by atoms with Crippen molar-refractivity contribution in [2.75, 3.05) is 0 Å². The second-order valence-electron chi connectivity index (χ2n) is 3.59. The van der Waals surface area contributed by atoms with Gasteiger partial charge in [0.05, 0.1) is 6.34 Å². The van der Waals surface area contributed by atoms with Gasteiger partial charge >= 0.3 is 0 Å². The van der Waals surface area contributed by atoms with Gasteiger partial charge in [-0.25, -0.2) is 4.99 Å². The van der Waals surface area contributed by atoms with Gasteiger partial charge in [-0.05, 0) is 18.1 Å². The first-order chi connectivity index (χ1) is 8.27. The Morgan fingerprint density at radius 3 is 2.76 bits per heavy atom. The largest absolute Gasteiger partial charge is 0.390 e. The summed E-state index contributed by atoms with van der Waals surface area (Å²) in [6.45, 7) is 6.01. The molecular weight excluding hydrogens is 210 g/mol. The fraction of sp³-hybridized carbons (Fsp3) is 0.214. The molecule has 0 saturated carbocycles. The number of nitrogens with two attached hydrogens (primary N) is 1. The molecule has 0 aromatic heterocycles. The molecule has 1 rings (SSSR count). The number of benzene rings is 1. The molecule has 1 atom stereocenters. The van der Waals surface area contributed by atoms with Crippen molar-refractivity contribution < 1.29 is 0 Å². The molecule has 0 aliphatic carbocycles. The van der Waals surface area contributed by atoms with E-state index in [0.717, 1.165) is 17.7 Å². The average molecular weight is 229 g/mol. The van der Waals surface area contributed by atoms with Gasteiger partial charge in [-0.2, -0.15) is 0 Å². The normalized spacial score (nSPS) is 13.0. The number of hydrogen-bond acceptors (Lipinski definition) is 2. The molecule has 1 aromatic carbocycles. The van der Waals surface area contributed by atoms with Crippen molar-refractivity contribution in [3.63, 3.8) is 0 Å². The SMILES string of the molecule is C=C(/C=C/CC)NC(N=CN)c1ccccc1. The predicted molar refractivity (Wildman–Crippen MR) is 73.6 cm³/mol. The van der Waals surface area contributed by atoms with E-state index in [1.54, 1.807) is 0 Å². The van der Waals surface area contributed by atoms with Crippen LogP contribution in [0.3, 0.4) is 0 Å². The Kier molecular flexibility index (Phi) is 5.58. The van der Waals surface area contributed by atoms with E-state index in [2.05, 4.69) is 23.8 Å². The summed E-state index contributed by atoms with van der Waals surface area (Å²) in [4.78, 5) is 4.19. The topological polar surface area (TPSA) is 50.4 Å². The molecule has 90 valence electrons.